The summed E-state index contributed by atoms with van der Waals surface area (Å²) in [6.07, 6.45) is 10.9. The number of carbonyl (C=O) groups excluding carboxylic acids is 3. The molecule has 0 N–H and O–H groups in total. The molecule has 0 aromatic heterocycles. The van der Waals surface area contributed by atoms with Crippen LogP contribution in [0, 0.1) is 28.6 Å². The molecule has 1 aromatic carbocycles. The highest BCUT2D eigenvalue weighted by molar-refractivity contribution is 6.30. The van der Waals surface area contributed by atoms with Crippen molar-refractivity contribution in [3.8, 4) is 0 Å². The summed E-state index contributed by atoms with van der Waals surface area (Å²) < 4.78 is 6.17. The Morgan fingerprint density at radius 2 is 1.73 bits per heavy atom. The van der Waals surface area contributed by atoms with Gasteiger partial charge in [0.15, 0.2) is 17.2 Å². The molecule has 0 heterocycles. The van der Waals surface area contributed by atoms with Gasteiger partial charge in [0.25, 0.3) is 0 Å². The number of ketones is 2. The number of ether oxygens (including phenoxy) is 1. The SMILES string of the molecule is CC(=O)[C@@]1(OC(=O)c2ccc(Cl)cc2)CC[C@H]2[C@@H]3C=CC4=CC(=O)CC[C@]4(C)[C@H]3CC[C@@]21C. The van der Waals surface area contributed by atoms with Gasteiger partial charge in [-0.15, -0.1) is 0 Å². The molecule has 174 valence electrons. The lowest BCUT2D eigenvalue weighted by Gasteiger charge is -2.57. The molecule has 4 nitrogen and oxygen atoms in total. The molecule has 0 amide bonds. The fourth-order valence-electron chi connectivity index (χ4n) is 7.62. The number of hydrogen-bond donors (Lipinski definition) is 0. The van der Waals surface area contributed by atoms with Gasteiger partial charge in [-0.25, -0.2) is 4.79 Å². The van der Waals surface area contributed by atoms with E-state index in [2.05, 4.69) is 26.0 Å². The molecule has 1 aromatic rings. The number of allylic oxidation sites excluding steroid dienone is 4. The van der Waals surface area contributed by atoms with E-state index in [1.54, 1.807) is 31.2 Å². The zero-order valence-corrected chi connectivity index (χ0v) is 20.3. The van der Waals surface area contributed by atoms with Crippen LogP contribution in [0.3, 0.4) is 0 Å². The van der Waals surface area contributed by atoms with Gasteiger partial charge in [0.2, 0.25) is 0 Å². The molecular formula is C28H31ClO4. The van der Waals surface area contributed by atoms with Crippen molar-refractivity contribution in [1.29, 1.82) is 0 Å². The van der Waals surface area contributed by atoms with Gasteiger partial charge in [-0.1, -0.05) is 37.6 Å². The van der Waals surface area contributed by atoms with Crippen LogP contribution in [0.4, 0.5) is 0 Å². The van der Waals surface area contributed by atoms with Crippen LogP contribution in [0.5, 0.6) is 0 Å². The van der Waals surface area contributed by atoms with Crippen LogP contribution >= 0.6 is 11.6 Å². The molecular weight excluding hydrogens is 436 g/mol. The first-order chi connectivity index (χ1) is 15.6. The standard InChI is InChI=1S/C28H31ClO4/c1-17(30)28(33-25(32)18-4-7-20(29)8-5-18)15-12-24-22-9-6-19-16-21(31)10-13-26(19,2)23(22)11-14-27(24,28)3/h4-9,16,22-24H,10-15H2,1-3H3/t22-,23+,24+,26+,27+,28+/m1/s1. The maximum atomic E-state index is 13.2. The van der Waals surface area contributed by atoms with Crippen LogP contribution in [-0.4, -0.2) is 23.1 Å². The second kappa shape index (κ2) is 7.66. The lowest BCUT2D eigenvalue weighted by Crippen LogP contribution is -2.58. The molecule has 0 spiro atoms. The summed E-state index contributed by atoms with van der Waals surface area (Å²) in [6.45, 7) is 6.03. The highest BCUT2D eigenvalue weighted by atomic mass is 35.5. The van der Waals surface area contributed by atoms with Crippen LogP contribution in [0.25, 0.3) is 0 Å². The molecule has 0 bridgehead atoms. The largest absolute Gasteiger partial charge is 0.447 e. The zero-order valence-electron chi connectivity index (χ0n) is 19.5. The summed E-state index contributed by atoms with van der Waals surface area (Å²) in [4.78, 5) is 38.3. The fraction of sp³-hybridized carbons (Fsp3) is 0.536. The Morgan fingerprint density at radius 1 is 1.03 bits per heavy atom. The summed E-state index contributed by atoms with van der Waals surface area (Å²) >= 11 is 5.98. The van der Waals surface area contributed by atoms with Crippen LogP contribution in [-0.2, 0) is 14.3 Å². The van der Waals surface area contributed by atoms with E-state index in [1.807, 2.05) is 6.08 Å². The minimum Gasteiger partial charge on any atom is -0.447 e. The smallest absolute Gasteiger partial charge is 0.339 e. The van der Waals surface area contributed by atoms with Crippen LogP contribution < -0.4 is 0 Å². The molecule has 5 heteroatoms. The minimum atomic E-state index is -1.12. The number of esters is 1. The van der Waals surface area contributed by atoms with Crippen molar-refractivity contribution in [3.63, 3.8) is 0 Å². The Bertz CT molecular complexity index is 1090. The number of halogens is 1. The van der Waals surface area contributed by atoms with E-state index >= 15 is 0 Å². The van der Waals surface area contributed by atoms with Crippen molar-refractivity contribution in [1.82, 2.24) is 0 Å². The highest BCUT2D eigenvalue weighted by Crippen LogP contribution is 2.67. The normalized spacial score (nSPS) is 39.2. The van der Waals surface area contributed by atoms with Gasteiger partial charge in [-0.2, -0.15) is 0 Å². The van der Waals surface area contributed by atoms with E-state index in [1.165, 1.54) is 0 Å². The Balaban J connectivity index is 1.49. The van der Waals surface area contributed by atoms with Crippen molar-refractivity contribution in [2.75, 3.05) is 0 Å². The van der Waals surface area contributed by atoms with Gasteiger partial charge in [-0.05, 0) is 98.1 Å². The Hall–Kier alpha value is -2.20. The molecule has 2 fully saturated rings. The summed E-state index contributed by atoms with van der Waals surface area (Å²) in [5, 5.41) is 0.550. The molecule has 0 saturated heterocycles. The van der Waals surface area contributed by atoms with E-state index in [9.17, 15) is 14.4 Å². The van der Waals surface area contributed by atoms with Crippen LogP contribution in [0.15, 0.2) is 48.1 Å². The summed E-state index contributed by atoms with van der Waals surface area (Å²) in [5.74, 6) is 0.697. The predicted molar refractivity (Wildman–Crippen MR) is 127 cm³/mol. The average Bonchev–Trinajstić information content (AvgIpc) is 3.08. The molecule has 33 heavy (non-hydrogen) atoms. The Labute approximate surface area is 200 Å². The van der Waals surface area contributed by atoms with Gasteiger partial charge >= 0.3 is 5.97 Å². The number of fused-ring (bicyclic) bond motifs is 5. The number of hydrogen-bond acceptors (Lipinski definition) is 4. The van der Waals surface area contributed by atoms with Gasteiger partial charge in [0.05, 0.1) is 5.56 Å². The third kappa shape index (κ3) is 3.20. The van der Waals surface area contributed by atoms with E-state index < -0.39 is 17.0 Å². The lowest BCUT2D eigenvalue weighted by atomic mass is 9.48. The maximum absolute atomic E-state index is 13.2. The van der Waals surface area contributed by atoms with Crippen molar-refractivity contribution in [3.05, 3.63) is 58.7 Å². The molecule has 4 aliphatic carbocycles. The molecule has 6 atom stereocenters. The van der Waals surface area contributed by atoms with E-state index in [0.717, 1.165) is 31.3 Å². The number of rotatable bonds is 3. The second-order valence-electron chi connectivity index (χ2n) is 10.9. The number of Topliss-reactive ketones (excluding diaryl/α,β-unsaturated/α-hetero) is 1. The van der Waals surface area contributed by atoms with Crippen LogP contribution in [0.2, 0.25) is 5.02 Å². The topological polar surface area (TPSA) is 60.4 Å². The monoisotopic (exact) mass is 466 g/mol. The van der Waals surface area contributed by atoms with Crippen molar-refractivity contribution >= 4 is 29.1 Å². The summed E-state index contributed by atoms with van der Waals surface area (Å²) in [7, 11) is 0. The lowest BCUT2D eigenvalue weighted by molar-refractivity contribution is -0.158. The molecule has 0 radical (unpaired) electrons. The predicted octanol–water partition coefficient (Wildman–Crippen LogP) is 6.13. The van der Waals surface area contributed by atoms with Gasteiger partial charge in [-0.3, -0.25) is 9.59 Å². The molecule has 0 aliphatic heterocycles. The quantitative estimate of drug-likeness (QED) is 0.502. The first-order valence-corrected chi connectivity index (χ1v) is 12.4. The second-order valence-corrected chi connectivity index (χ2v) is 11.3. The van der Waals surface area contributed by atoms with Gasteiger partial charge in [0.1, 0.15) is 0 Å². The number of carbonyl (C=O) groups is 3. The van der Waals surface area contributed by atoms with E-state index in [0.29, 0.717) is 35.3 Å². The third-order valence-corrected chi connectivity index (χ3v) is 9.80. The van der Waals surface area contributed by atoms with Crippen molar-refractivity contribution in [2.24, 2.45) is 28.6 Å². The van der Waals surface area contributed by atoms with Crippen molar-refractivity contribution < 1.29 is 19.1 Å². The van der Waals surface area contributed by atoms with Crippen molar-refractivity contribution in [2.45, 2.75) is 64.9 Å². The Morgan fingerprint density at radius 3 is 2.42 bits per heavy atom. The fourth-order valence-corrected chi connectivity index (χ4v) is 7.74. The van der Waals surface area contributed by atoms with Gasteiger partial charge < -0.3 is 4.74 Å². The minimum absolute atomic E-state index is 0.00386. The summed E-state index contributed by atoms with van der Waals surface area (Å²) in [6, 6.07) is 6.62. The molecule has 4 aliphatic rings. The van der Waals surface area contributed by atoms with E-state index in [-0.39, 0.29) is 22.9 Å². The molecule has 5 rings (SSSR count). The first kappa shape index (κ1) is 22.6. The summed E-state index contributed by atoms with van der Waals surface area (Å²) in [5.41, 5.74) is 0.0262. The maximum Gasteiger partial charge on any atom is 0.339 e. The van der Waals surface area contributed by atoms with E-state index in [4.69, 9.17) is 16.3 Å². The highest BCUT2D eigenvalue weighted by Gasteiger charge is 2.67. The first-order valence-electron chi connectivity index (χ1n) is 12.0. The van der Waals surface area contributed by atoms with Gasteiger partial charge in [0, 0.05) is 16.9 Å². The Kier molecular flexibility index (Phi) is 5.24. The number of benzene rings is 1. The van der Waals surface area contributed by atoms with Crippen LogP contribution in [0.1, 0.15) is 69.7 Å². The zero-order chi connectivity index (χ0) is 23.6. The average molecular weight is 467 g/mol. The molecule has 0 unspecified atom stereocenters. The third-order valence-electron chi connectivity index (χ3n) is 9.55. The molecule has 2 saturated carbocycles.